The van der Waals surface area contributed by atoms with Crippen molar-refractivity contribution in [1.29, 1.82) is 0 Å². The quantitative estimate of drug-likeness (QED) is 0.0950. The number of nitrogens with one attached hydrogen (secondary N) is 2. The van der Waals surface area contributed by atoms with E-state index in [1.165, 1.54) is 9.80 Å². The Morgan fingerprint density at radius 1 is 0.490 bits per heavy atom. The van der Waals surface area contributed by atoms with Gasteiger partial charge in [0.05, 0.1) is 36.5 Å². The molecule has 0 saturated heterocycles. The highest BCUT2D eigenvalue weighted by Gasteiger charge is 2.38. The normalized spacial score (nSPS) is 14.1. The molecule has 0 spiro atoms. The molecule has 2 aliphatic rings. The number of benzene rings is 6. The van der Waals surface area contributed by atoms with Crippen LogP contribution in [0.1, 0.15) is 47.9 Å². The van der Waals surface area contributed by atoms with Crippen molar-refractivity contribution in [1.82, 2.24) is 20.4 Å². The van der Waals surface area contributed by atoms with Gasteiger partial charge in [0.25, 0.3) is 23.6 Å². The molecule has 0 fully saturated rings. The molecule has 0 aliphatic carbocycles. The summed E-state index contributed by atoms with van der Waals surface area (Å²) in [5, 5.41) is 13.7. The van der Waals surface area contributed by atoms with Gasteiger partial charge in [0.15, 0.2) is 0 Å². The monoisotopic (exact) mass is 680 g/mol. The van der Waals surface area contributed by atoms with E-state index >= 15 is 0 Å². The van der Waals surface area contributed by atoms with Crippen LogP contribution in [-0.4, -0.2) is 86.9 Å². The van der Waals surface area contributed by atoms with Gasteiger partial charge in [-0.05, 0) is 88.2 Å². The van der Waals surface area contributed by atoms with Crippen LogP contribution in [0.25, 0.3) is 43.1 Å². The number of imide groups is 2. The first-order chi connectivity index (χ1) is 24.9. The molecule has 0 bridgehead atoms. The molecular weight excluding hydrogens is 644 g/mol. The summed E-state index contributed by atoms with van der Waals surface area (Å²) in [7, 11) is 3.21. The largest absolute Gasteiger partial charge is 0.497 e. The molecule has 10 heteroatoms. The molecule has 51 heavy (non-hydrogen) atoms. The maximum atomic E-state index is 13.6. The predicted molar refractivity (Wildman–Crippen MR) is 197 cm³/mol. The minimum absolute atomic E-state index is 0.256. The Kier molecular flexibility index (Phi) is 8.33. The summed E-state index contributed by atoms with van der Waals surface area (Å²) in [6.07, 6.45) is 0.779. The van der Waals surface area contributed by atoms with Crippen LogP contribution in [-0.2, 0) is 0 Å². The van der Waals surface area contributed by atoms with Crippen molar-refractivity contribution in [2.24, 2.45) is 0 Å². The Labute approximate surface area is 293 Å². The SMILES string of the molecule is COc1ccc2ccc3ccc4c(c3c2c1)C(=O)N(CCNCCCNCCN1C(=O)c2ccc3ccc5ccc(OC)cc5c3c2C1=O)C4=O. The van der Waals surface area contributed by atoms with Crippen molar-refractivity contribution in [3.63, 3.8) is 0 Å². The number of carbonyl (C=O) groups excluding carboxylic acids is 4. The van der Waals surface area contributed by atoms with Crippen molar-refractivity contribution in [3.8, 4) is 11.5 Å². The van der Waals surface area contributed by atoms with Gasteiger partial charge in [0, 0.05) is 37.0 Å². The highest BCUT2D eigenvalue weighted by molar-refractivity contribution is 6.31. The van der Waals surface area contributed by atoms with Crippen LogP contribution in [0.4, 0.5) is 0 Å². The number of fused-ring (bicyclic) bond motifs is 10. The molecule has 0 saturated carbocycles. The third-order valence-corrected chi connectivity index (χ3v) is 10.0. The molecule has 6 aromatic rings. The zero-order valence-corrected chi connectivity index (χ0v) is 28.4. The number of amides is 4. The lowest BCUT2D eigenvalue weighted by Crippen LogP contribution is -2.38. The fourth-order valence-electron chi connectivity index (χ4n) is 7.43. The number of ether oxygens (including phenoxy) is 2. The van der Waals surface area contributed by atoms with E-state index in [2.05, 4.69) is 10.6 Å². The standard InChI is InChI=1S/C41H36N4O6/c1-50-28-12-8-24-4-6-26-10-14-30-36(34(26)32(24)22-28)40(48)44(38(30)46)20-18-42-16-3-17-43-19-21-45-39(47)31-15-11-27-7-5-25-9-13-29(51-2)23-33(25)35(27)37(31)41(45)49/h4-15,22-23,42-43H,3,16-21H2,1-2H3. The van der Waals surface area contributed by atoms with Crippen LogP contribution < -0.4 is 20.1 Å². The van der Waals surface area contributed by atoms with E-state index < -0.39 is 0 Å². The average molecular weight is 681 g/mol. The second-order valence-electron chi connectivity index (χ2n) is 12.9. The Morgan fingerprint density at radius 2 is 0.882 bits per heavy atom. The first kappa shape index (κ1) is 32.4. The zero-order chi connectivity index (χ0) is 35.2. The van der Waals surface area contributed by atoms with Crippen LogP contribution >= 0.6 is 0 Å². The Morgan fingerprint density at radius 3 is 1.31 bits per heavy atom. The average Bonchev–Trinajstić information content (AvgIpc) is 3.56. The molecule has 4 amide bonds. The summed E-state index contributed by atoms with van der Waals surface area (Å²) in [6, 6.07) is 26.7. The first-order valence-electron chi connectivity index (χ1n) is 17.1. The van der Waals surface area contributed by atoms with E-state index in [9.17, 15) is 19.2 Å². The third kappa shape index (κ3) is 5.44. The van der Waals surface area contributed by atoms with Crippen LogP contribution in [0.5, 0.6) is 11.5 Å². The van der Waals surface area contributed by atoms with Gasteiger partial charge in [-0.1, -0.05) is 48.5 Å². The van der Waals surface area contributed by atoms with E-state index in [1.54, 1.807) is 26.4 Å². The van der Waals surface area contributed by atoms with Gasteiger partial charge in [-0.15, -0.1) is 0 Å². The Hall–Kier alpha value is -5.84. The molecule has 2 heterocycles. The maximum absolute atomic E-state index is 13.6. The first-order valence-corrected chi connectivity index (χ1v) is 17.1. The summed E-state index contributed by atoms with van der Waals surface area (Å²) in [4.78, 5) is 56.5. The minimum Gasteiger partial charge on any atom is -0.497 e. The summed E-state index contributed by atoms with van der Waals surface area (Å²) in [6.45, 7) is 2.76. The molecule has 8 rings (SSSR count). The molecule has 0 unspecified atom stereocenters. The molecule has 10 nitrogen and oxygen atoms in total. The predicted octanol–water partition coefficient (Wildman–Crippen LogP) is 5.78. The fourth-order valence-corrected chi connectivity index (χ4v) is 7.43. The van der Waals surface area contributed by atoms with Crippen molar-refractivity contribution in [3.05, 3.63) is 107 Å². The van der Waals surface area contributed by atoms with Crippen LogP contribution in [0.2, 0.25) is 0 Å². The van der Waals surface area contributed by atoms with Gasteiger partial charge in [0.2, 0.25) is 0 Å². The zero-order valence-electron chi connectivity index (χ0n) is 28.4. The van der Waals surface area contributed by atoms with Crippen molar-refractivity contribution < 1.29 is 28.7 Å². The van der Waals surface area contributed by atoms with E-state index in [4.69, 9.17) is 9.47 Å². The minimum atomic E-state index is -0.284. The van der Waals surface area contributed by atoms with Crippen molar-refractivity contribution in [2.75, 3.05) is 53.5 Å². The van der Waals surface area contributed by atoms with Crippen molar-refractivity contribution in [2.45, 2.75) is 6.42 Å². The summed E-state index contributed by atoms with van der Waals surface area (Å²) in [5.74, 6) is 0.242. The number of methoxy groups -OCH3 is 2. The van der Waals surface area contributed by atoms with Gasteiger partial charge in [-0.3, -0.25) is 29.0 Å². The molecule has 0 atom stereocenters. The lowest BCUT2D eigenvalue weighted by molar-refractivity contribution is 0.0641. The smallest absolute Gasteiger partial charge is 0.262 e. The van der Waals surface area contributed by atoms with Gasteiger partial charge in [-0.25, -0.2) is 0 Å². The summed E-state index contributed by atoms with van der Waals surface area (Å²) >= 11 is 0. The molecule has 2 aliphatic heterocycles. The highest BCUT2D eigenvalue weighted by atomic mass is 16.5. The molecule has 0 radical (unpaired) electrons. The van der Waals surface area contributed by atoms with Crippen LogP contribution in [0.15, 0.2) is 84.9 Å². The third-order valence-electron chi connectivity index (χ3n) is 10.0. The van der Waals surface area contributed by atoms with Gasteiger partial charge in [0.1, 0.15) is 11.5 Å². The Bertz CT molecular complexity index is 2270. The number of hydrogen-bond donors (Lipinski definition) is 2. The van der Waals surface area contributed by atoms with E-state index in [-0.39, 0.29) is 36.7 Å². The summed E-state index contributed by atoms with van der Waals surface area (Å²) < 4.78 is 10.9. The summed E-state index contributed by atoms with van der Waals surface area (Å²) in [5.41, 5.74) is 1.74. The maximum Gasteiger partial charge on any atom is 0.262 e. The van der Waals surface area contributed by atoms with E-state index in [0.29, 0.717) is 59.9 Å². The van der Waals surface area contributed by atoms with Gasteiger partial charge in [-0.2, -0.15) is 0 Å². The number of hydrogen-bond acceptors (Lipinski definition) is 8. The Balaban J connectivity index is 0.837. The van der Waals surface area contributed by atoms with Crippen molar-refractivity contribution >= 4 is 66.7 Å². The van der Waals surface area contributed by atoms with E-state index in [1.807, 2.05) is 72.8 Å². The van der Waals surface area contributed by atoms with E-state index in [0.717, 1.165) is 49.5 Å². The topological polar surface area (TPSA) is 117 Å². The number of rotatable bonds is 12. The van der Waals surface area contributed by atoms with Crippen LogP contribution in [0, 0.1) is 0 Å². The molecule has 256 valence electrons. The molecular formula is C41H36N4O6. The van der Waals surface area contributed by atoms with Gasteiger partial charge < -0.3 is 20.1 Å². The second kappa shape index (κ2) is 13.1. The fraction of sp³-hybridized carbons (Fsp3) is 0.220. The second-order valence-corrected chi connectivity index (χ2v) is 12.9. The molecule has 0 aromatic heterocycles. The number of nitrogens with zero attached hydrogens (tertiary/aromatic N) is 2. The molecule has 6 aromatic carbocycles. The van der Waals surface area contributed by atoms with Gasteiger partial charge >= 0.3 is 0 Å². The number of carbonyl (C=O) groups is 4. The highest BCUT2D eigenvalue weighted by Crippen LogP contribution is 2.38. The lowest BCUT2D eigenvalue weighted by atomic mass is 9.95. The lowest BCUT2D eigenvalue weighted by Gasteiger charge is -2.15. The molecule has 2 N–H and O–H groups in total. The van der Waals surface area contributed by atoms with Crippen LogP contribution in [0.3, 0.4) is 0 Å².